The van der Waals surface area contributed by atoms with Crippen molar-refractivity contribution in [1.29, 1.82) is 0 Å². The third kappa shape index (κ3) is 4.28. The van der Waals surface area contributed by atoms with E-state index in [1.165, 1.54) is 11.1 Å². The molecule has 24 heavy (non-hydrogen) atoms. The highest BCUT2D eigenvalue weighted by Gasteiger charge is 2.12. The van der Waals surface area contributed by atoms with Gasteiger partial charge in [-0.05, 0) is 48.7 Å². The molecular formula is C20H25NO3. The van der Waals surface area contributed by atoms with Gasteiger partial charge in [-0.15, -0.1) is 0 Å². The number of nitrogens with one attached hydrogen (secondary N) is 1. The first-order valence-electron chi connectivity index (χ1n) is 8.52. The Morgan fingerprint density at radius 2 is 2.08 bits per heavy atom. The molecular weight excluding hydrogens is 302 g/mol. The van der Waals surface area contributed by atoms with Crippen LogP contribution in [0.5, 0.6) is 11.5 Å². The molecule has 0 spiro atoms. The first-order valence-corrected chi connectivity index (χ1v) is 8.52. The molecule has 0 radical (unpaired) electrons. The van der Waals surface area contributed by atoms with Gasteiger partial charge in [0.05, 0.1) is 18.8 Å². The second-order valence-electron chi connectivity index (χ2n) is 6.43. The lowest BCUT2D eigenvalue weighted by Gasteiger charge is -2.15. The van der Waals surface area contributed by atoms with Gasteiger partial charge in [0, 0.05) is 19.5 Å². The SMILES string of the molecule is CC(C)Oc1cccc(C(O)CNCc2ccc3c(c2)CCO3)c1. The Labute approximate surface area is 143 Å². The average Bonchev–Trinajstić information content (AvgIpc) is 3.02. The summed E-state index contributed by atoms with van der Waals surface area (Å²) >= 11 is 0. The number of hydrogen-bond donors (Lipinski definition) is 2. The molecule has 1 atom stereocenters. The molecule has 128 valence electrons. The van der Waals surface area contributed by atoms with Gasteiger partial charge < -0.3 is 19.9 Å². The van der Waals surface area contributed by atoms with Crippen molar-refractivity contribution < 1.29 is 14.6 Å². The fraction of sp³-hybridized carbons (Fsp3) is 0.400. The highest BCUT2D eigenvalue weighted by molar-refractivity contribution is 5.39. The minimum atomic E-state index is -0.557. The first-order chi connectivity index (χ1) is 11.6. The number of aliphatic hydroxyl groups excluding tert-OH is 1. The monoisotopic (exact) mass is 327 g/mol. The third-order valence-electron chi connectivity index (χ3n) is 4.04. The molecule has 4 nitrogen and oxygen atoms in total. The number of hydrogen-bond acceptors (Lipinski definition) is 4. The summed E-state index contributed by atoms with van der Waals surface area (Å²) in [4.78, 5) is 0. The molecule has 0 saturated heterocycles. The van der Waals surface area contributed by atoms with Crippen LogP contribution in [0.2, 0.25) is 0 Å². The van der Waals surface area contributed by atoms with Crippen molar-refractivity contribution in [3.05, 3.63) is 59.2 Å². The van der Waals surface area contributed by atoms with Gasteiger partial charge in [0.25, 0.3) is 0 Å². The van der Waals surface area contributed by atoms with Crippen molar-refractivity contribution in [2.75, 3.05) is 13.2 Å². The second kappa shape index (κ2) is 7.69. The summed E-state index contributed by atoms with van der Waals surface area (Å²) in [5.74, 6) is 1.79. The van der Waals surface area contributed by atoms with Gasteiger partial charge in [-0.25, -0.2) is 0 Å². The Bertz CT molecular complexity index is 684. The van der Waals surface area contributed by atoms with E-state index in [1.54, 1.807) is 0 Å². The molecule has 0 aromatic heterocycles. The van der Waals surface area contributed by atoms with E-state index in [1.807, 2.05) is 44.2 Å². The van der Waals surface area contributed by atoms with Crippen LogP contribution in [0.25, 0.3) is 0 Å². The Hall–Kier alpha value is -2.04. The van der Waals surface area contributed by atoms with Crippen molar-refractivity contribution in [1.82, 2.24) is 5.32 Å². The Kier molecular flexibility index (Phi) is 5.38. The normalized spacial score (nSPS) is 14.3. The molecule has 2 aromatic carbocycles. The van der Waals surface area contributed by atoms with Crippen LogP contribution in [0.3, 0.4) is 0 Å². The molecule has 1 aliphatic heterocycles. The summed E-state index contributed by atoms with van der Waals surface area (Å²) in [5, 5.41) is 13.7. The van der Waals surface area contributed by atoms with Gasteiger partial charge in [-0.2, -0.15) is 0 Å². The maximum Gasteiger partial charge on any atom is 0.122 e. The molecule has 1 aliphatic rings. The quantitative estimate of drug-likeness (QED) is 0.820. The van der Waals surface area contributed by atoms with Crippen LogP contribution in [0, 0.1) is 0 Å². The number of ether oxygens (including phenoxy) is 2. The van der Waals surface area contributed by atoms with E-state index >= 15 is 0 Å². The lowest BCUT2D eigenvalue weighted by Crippen LogP contribution is -2.21. The van der Waals surface area contributed by atoms with E-state index in [0.717, 1.165) is 36.6 Å². The summed E-state index contributed by atoms with van der Waals surface area (Å²) < 4.78 is 11.2. The molecule has 1 unspecified atom stereocenters. The molecule has 1 heterocycles. The molecule has 3 rings (SSSR count). The predicted octanol–water partition coefficient (Wildman–Crippen LogP) is 3.23. The Morgan fingerprint density at radius 1 is 1.21 bits per heavy atom. The van der Waals surface area contributed by atoms with Crippen LogP contribution in [0.15, 0.2) is 42.5 Å². The molecule has 2 aromatic rings. The van der Waals surface area contributed by atoms with Gasteiger partial charge >= 0.3 is 0 Å². The summed E-state index contributed by atoms with van der Waals surface area (Å²) in [6, 6.07) is 13.9. The van der Waals surface area contributed by atoms with Crippen molar-refractivity contribution >= 4 is 0 Å². The summed E-state index contributed by atoms with van der Waals surface area (Å²) in [5.41, 5.74) is 3.35. The van der Waals surface area contributed by atoms with Crippen molar-refractivity contribution in [2.24, 2.45) is 0 Å². The highest BCUT2D eigenvalue weighted by Crippen LogP contribution is 2.26. The van der Waals surface area contributed by atoms with E-state index in [4.69, 9.17) is 9.47 Å². The van der Waals surface area contributed by atoms with Gasteiger partial charge in [0.2, 0.25) is 0 Å². The summed E-state index contributed by atoms with van der Waals surface area (Å²) in [7, 11) is 0. The van der Waals surface area contributed by atoms with Gasteiger partial charge in [0.1, 0.15) is 11.5 Å². The molecule has 2 N–H and O–H groups in total. The van der Waals surface area contributed by atoms with Crippen LogP contribution in [0.4, 0.5) is 0 Å². The van der Waals surface area contributed by atoms with Crippen LogP contribution < -0.4 is 14.8 Å². The average molecular weight is 327 g/mol. The zero-order valence-electron chi connectivity index (χ0n) is 14.3. The molecule has 0 aliphatic carbocycles. The molecule has 0 fully saturated rings. The minimum Gasteiger partial charge on any atom is -0.493 e. The zero-order chi connectivity index (χ0) is 16.9. The highest BCUT2D eigenvalue weighted by atomic mass is 16.5. The van der Waals surface area contributed by atoms with Crippen molar-refractivity contribution in [3.8, 4) is 11.5 Å². The summed E-state index contributed by atoms with van der Waals surface area (Å²) in [6.07, 6.45) is 0.548. The largest absolute Gasteiger partial charge is 0.493 e. The van der Waals surface area contributed by atoms with E-state index < -0.39 is 6.10 Å². The van der Waals surface area contributed by atoms with Crippen molar-refractivity contribution in [3.63, 3.8) is 0 Å². The predicted molar refractivity (Wildman–Crippen MR) is 94.5 cm³/mol. The standard InChI is InChI=1S/C20H25NO3/c1-14(2)24-18-5-3-4-16(11-18)19(22)13-21-12-15-6-7-20-17(10-15)8-9-23-20/h3-7,10-11,14,19,21-22H,8-9,12-13H2,1-2H3. The van der Waals surface area contributed by atoms with Crippen LogP contribution in [-0.2, 0) is 13.0 Å². The number of fused-ring (bicyclic) bond motifs is 1. The van der Waals surface area contributed by atoms with E-state index in [2.05, 4.69) is 17.4 Å². The smallest absolute Gasteiger partial charge is 0.122 e. The summed E-state index contributed by atoms with van der Waals surface area (Å²) in [6.45, 7) is 5.99. The zero-order valence-corrected chi connectivity index (χ0v) is 14.3. The van der Waals surface area contributed by atoms with Gasteiger partial charge in [0.15, 0.2) is 0 Å². The first kappa shape index (κ1) is 16.8. The topological polar surface area (TPSA) is 50.7 Å². The van der Waals surface area contributed by atoms with E-state index in [0.29, 0.717) is 6.54 Å². The van der Waals surface area contributed by atoms with Gasteiger partial charge in [-0.3, -0.25) is 0 Å². The third-order valence-corrected chi connectivity index (χ3v) is 4.04. The van der Waals surface area contributed by atoms with Gasteiger partial charge in [-0.1, -0.05) is 24.3 Å². The van der Waals surface area contributed by atoms with Crippen LogP contribution >= 0.6 is 0 Å². The Balaban J connectivity index is 1.53. The Morgan fingerprint density at radius 3 is 2.92 bits per heavy atom. The number of benzene rings is 2. The molecule has 0 saturated carbocycles. The number of aliphatic hydroxyl groups is 1. The maximum atomic E-state index is 10.4. The fourth-order valence-corrected chi connectivity index (χ4v) is 2.89. The molecule has 4 heteroatoms. The lowest BCUT2D eigenvalue weighted by atomic mass is 10.1. The molecule has 0 amide bonds. The van der Waals surface area contributed by atoms with Crippen LogP contribution in [0.1, 0.15) is 36.6 Å². The fourth-order valence-electron chi connectivity index (χ4n) is 2.89. The van der Waals surface area contributed by atoms with E-state index in [-0.39, 0.29) is 6.10 Å². The minimum absolute atomic E-state index is 0.124. The lowest BCUT2D eigenvalue weighted by molar-refractivity contribution is 0.173. The van der Waals surface area contributed by atoms with Crippen LogP contribution in [-0.4, -0.2) is 24.4 Å². The molecule has 0 bridgehead atoms. The second-order valence-corrected chi connectivity index (χ2v) is 6.43. The number of rotatable bonds is 7. The van der Waals surface area contributed by atoms with E-state index in [9.17, 15) is 5.11 Å². The maximum absolute atomic E-state index is 10.4. The van der Waals surface area contributed by atoms with Crippen molar-refractivity contribution in [2.45, 2.75) is 39.0 Å².